The van der Waals surface area contributed by atoms with Gasteiger partial charge in [-0.05, 0) is 42.8 Å². The molecule has 3 rings (SSSR count). The standard InChI is InChI=1S/C19H18BrNO5/c1-10-13-8-12(20)4-5-14(13)26-18(10)19(23)21-9-11-6-15(24-2)17(22)16(7-11)25-3/h4-8,22H,9H2,1-3H3,(H,21,23). The first-order valence-corrected chi connectivity index (χ1v) is 8.64. The monoisotopic (exact) mass is 419 g/mol. The molecule has 1 aromatic heterocycles. The lowest BCUT2D eigenvalue weighted by atomic mass is 10.1. The number of aryl methyl sites for hydroxylation is 1. The molecule has 0 radical (unpaired) electrons. The number of phenols is 1. The number of furan rings is 1. The van der Waals surface area contributed by atoms with Gasteiger partial charge in [-0.25, -0.2) is 0 Å². The highest BCUT2D eigenvalue weighted by Gasteiger charge is 2.18. The van der Waals surface area contributed by atoms with Crippen LogP contribution in [0.1, 0.15) is 21.7 Å². The van der Waals surface area contributed by atoms with Crippen molar-refractivity contribution in [3.8, 4) is 17.2 Å². The highest BCUT2D eigenvalue weighted by atomic mass is 79.9. The van der Waals surface area contributed by atoms with Crippen LogP contribution in [0.5, 0.6) is 17.2 Å². The van der Waals surface area contributed by atoms with Crippen LogP contribution in [0.3, 0.4) is 0 Å². The molecule has 1 heterocycles. The van der Waals surface area contributed by atoms with E-state index in [1.54, 1.807) is 12.1 Å². The largest absolute Gasteiger partial charge is 0.502 e. The average molecular weight is 420 g/mol. The Morgan fingerprint density at radius 2 is 1.85 bits per heavy atom. The van der Waals surface area contributed by atoms with E-state index < -0.39 is 0 Å². The fourth-order valence-corrected chi connectivity index (χ4v) is 3.08. The first-order valence-electron chi connectivity index (χ1n) is 7.85. The summed E-state index contributed by atoms with van der Waals surface area (Å²) in [4.78, 5) is 12.5. The molecule has 0 saturated heterocycles. The van der Waals surface area contributed by atoms with Gasteiger partial charge in [-0.15, -0.1) is 0 Å². The van der Waals surface area contributed by atoms with Crippen LogP contribution in [0.2, 0.25) is 0 Å². The fourth-order valence-electron chi connectivity index (χ4n) is 2.72. The Morgan fingerprint density at radius 3 is 2.46 bits per heavy atom. The molecule has 136 valence electrons. The number of rotatable bonds is 5. The molecular weight excluding hydrogens is 402 g/mol. The van der Waals surface area contributed by atoms with Gasteiger partial charge in [0.1, 0.15) is 5.58 Å². The maximum Gasteiger partial charge on any atom is 0.287 e. The maximum absolute atomic E-state index is 12.5. The summed E-state index contributed by atoms with van der Waals surface area (Å²) in [5.41, 5.74) is 2.16. The molecule has 1 amide bonds. The Kier molecular flexibility index (Phi) is 5.08. The number of methoxy groups -OCH3 is 2. The second-order valence-corrected chi connectivity index (χ2v) is 6.64. The smallest absolute Gasteiger partial charge is 0.287 e. The second kappa shape index (κ2) is 7.29. The predicted molar refractivity (Wildman–Crippen MR) is 101 cm³/mol. The number of amides is 1. The Hall–Kier alpha value is -2.67. The zero-order chi connectivity index (χ0) is 18.8. The van der Waals surface area contributed by atoms with E-state index in [1.807, 2.05) is 25.1 Å². The molecule has 3 aromatic rings. The van der Waals surface area contributed by atoms with Crippen LogP contribution in [0.15, 0.2) is 39.2 Å². The van der Waals surface area contributed by atoms with Crippen molar-refractivity contribution in [1.82, 2.24) is 5.32 Å². The van der Waals surface area contributed by atoms with Crippen LogP contribution >= 0.6 is 15.9 Å². The Morgan fingerprint density at radius 1 is 1.19 bits per heavy atom. The van der Waals surface area contributed by atoms with Crippen molar-refractivity contribution in [1.29, 1.82) is 0 Å². The fraction of sp³-hybridized carbons (Fsp3) is 0.211. The third kappa shape index (κ3) is 3.35. The van der Waals surface area contributed by atoms with Gasteiger partial charge in [-0.3, -0.25) is 4.79 Å². The van der Waals surface area contributed by atoms with E-state index in [-0.39, 0.29) is 35.5 Å². The average Bonchev–Trinajstić information content (AvgIpc) is 2.96. The number of aromatic hydroxyl groups is 1. The lowest BCUT2D eigenvalue weighted by Crippen LogP contribution is -2.23. The van der Waals surface area contributed by atoms with Gasteiger partial charge in [0.25, 0.3) is 5.91 Å². The van der Waals surface area contributed by atoms with Crippen LogP contribution in [0.4, 0.5) is 0 Å². The van der Waals surface area contributed by atoms with E-state index in [0.29, 0.717) is 5.58 Å². The molecule has 0 bridgehead atoms. The van der Waals surface area contributed by atoms with E-state index in [1.165, 1.54) is 14.2 Å². The molecule has 26 heavy (non-hydrogen) atoms. The highest BCUT2D eigenvalue weighted by molar-refractivity contribution is 9.10. The number of nitrogens with one attached hydrogen (secondary N) is 1. The van der Waals surface area contributed by atoms with Gasteiger partial charge in [0.05, 0.1) is 14.2 Å². The summed E-state index contributed by atoms with van der Waals surface area (Å²) in [7, 11) is 2.90. The molecule has 0 fully saturated rings. The second-order valence-electron chi connectivity index (χ2n) is 5.73. The number of phenolic OH excluding ortho intramolecular Hbond substituents is 1. The third-order valence-electron chi connectivity index (χ3n) is 4.10. The summed E-state index contributed by atoms with van der Waals surface area (Å²) < 4.78 is 16.9. The molecule has 0 saturated carbocycles. The van der Waals surface area contributed by atoms with Crippen LogP contribution < -0.4 is 14.8 Å². The number of fused-ring (bicyclic) bond motifs is 1. The first kappa shape index (κ1) is 18.1. The van der Waals surface area contributed by atoms with Gasteiger partial charge in [-0.1, -0.05) is 15.9 Å². The minimum Gasteiger partial charge on any atom is -0.502 e. The Labute approximate surface area is 158 Å². The number of hydrogen-bond donors (Lipinski definition) is 2. The van der Waals surface area contributed by atoms with Gasteiger partial charge in [0, 0.05) is 22.0 Å². The van der Waals surface area contributed by atoms with Crippen LogP contribution in [-0.2, 0) is 6.54 Å². The Balaban J connectivity index is 1.82. The Bertz CT molecular complexity index is 954. The number of benzene rings is 2. The molecule has 6 nitrogen and oxygen atoms in total. The normalized spacial score (nSPS) is 10.8. The molecular formula is C19H18BrNO5. The minimum absolute atomic E-state index is 0.0798. The number of carbonyl (C=O) groups is 1. The molecule has 0 spiro atoms. The van der Waals surface area contributed by atoms with E-state index in [4.69, 9.17) is 13.9 Å². The van der Waals surface area contributed by atoms with Gasteiger partial charge < -0.3 is 24.3 Å². The van der Waals surface area contributed by atoms with Crippen molar-refractivity contribution in [2.45, 2.75) is 13.5 Å². The number of halogens is 1. The topological polar surface area (TPSA) is 80.9 Å². The highest BCUT2D eigenvalue weighted by Crippen LogP contribution is 2.37. The van der Waals surface area contributed by atoms with Crippen molar-refractivity contribution >= 4 is 32.8 Å². The zero-order valence-electron chi connectivity index (χ0n) is 14.6. The molecule has 0 aliphatic carbocycles. The quantitative estimate of drug-likeness (QED) is 0.648. The van der Waals surface area contributed by atoms with Gasteiger partial charge in [0.15, 0.2) is 17.3 Å². The van der Waals surface area contributed by atoms with Crippen molar-refractivity contribution in [2.24, 2.45) is 0 Å². The summed E-state index contributed by atoms with van der Waals surface area (Å²) in [6, 6.07) is 8.88. The summed E-state index contributed by atoms with van der Waals surface area (Å²) in [5, 5.41) is 13.7. The summed E-state index contributed by atoms with van der Waals surface area (Å²) in [6.07, 6.45) is 0. The van der Waals surface area contributed by atoms with Crippen molar-refractivity contribution in [3.05, 3.63) is 51.7 Å². The molecule has 0 aliphatic rings. The van der Waals surface area contributed by atoms with Gasteiger partial charge in [-0.2, -0.15) is 0 Å². The van der Waals surface area contributed by atoms with E-state index in [9.17, 15) is 9.90 Å². The lowest BCUT2D eigenvalue weighted by Gasteiger charge is -2.11. The van der Waals surface area contributed by atoms with E-state index in [2.05, 4.69) is 21.2 Å². The van der Waals surface area contributed by atoms with Crippen molar-refractivity contribution in [2.75, 3.05) is 14.2 Å². The van der Waals surface area contributed by atoms with Gasteiger partial charge >= 0.3 is 0 Å². The van der Waals surface area contributed by atoms with Crippen LogP contribution in [0.25, 0.3) is 11.0 Å². The number of ether oxygens (including phenoxy) is 2. The SMILES string of the molecule is COc1cc(CNC(=O)c2oc3ccc(Br)cc3c2C)cc(OC)c1O. The molecule has 0 aliphatic heterocycles. The minimum atomic E-state index is -0.319. The van der Waals surface area contributed by atoms with Crippen molar-refractivity contribution < 1.29 is 23.8 Å². The summed E-state index contributed by atoms with van der Waals surface area (Å²) >= 11 is 3.42. The van der Waals surface area contributed by atoms with Gasteiger partial charge in [0.2, 0.25) is 5.75 Å². The molecule has 2 aromatic carbocycles. The molecule has 2 N–H and O–H groups in total. The van der Waals surface area contributed by atoms with Crippen molar-refractivity contribution in [3.63, 3.8) is 0 Å². The molecule has 7 heteroatoms. The molecule has 0 unspecified atom stereocenters. The zero-order valence-corrected chi connectivity index (χ0v) is 16.1. The third-order valence-corrected chi connectivity index (χ3v) is 4.59. The summed E-state index contributed by atoms with van der Waals surface area (Å²) in [6.45, 7) is 2.08. The van der Waals surface area contributed by atoms with E-state index in [0.717, 1.165) is 21.0 Å². The van der Waals surface area contributed by atoms with E-state index >= 15 is 0 Å². The first-order chi connectivity index (χ1) is 12.4. The van der Waals surface area contributed by atoms with Crippen LogP contribution in [-0.4, -0.2) is 25.2 Å². The number of hydrogen-bond acceptors (Lipinski definition) is 5. The predicted octanol–water partition coefficient (Wildman–Crippen LogP) is 4.16. The molecule has 0 atom stereocenters. The lowest BCUT2D eigenvalue weighted by molar-refractivity contribution is 0.0924. The number of carbonyl (C=O) groups excluding carboxylic acids is 1. The summed E-state index contributed by atoms with van der Waals surface area (Å²) in [5.74, 6) is 0.428. The van der Waals surface area contributed by atoms with Crippen LogP contribution in [0, 0.1) is 6.92 Å². The maximum atomic E-state index is 12.5.